The number of fused-ring (bicyclic) bond motifs is 3. The van der Waals surface area contributed by atoms with Gasteiger partial charge in [-0.25, -0.2) is 0 Å². The molecule has 4 fully saturated rings. The summed E-state index contributed by atoms with van der Waals surface area (Å²) in [4.78, 5) is 15.5. The number of hydrogen-bond donors (Lipinski definition) is 3. The van der Waals surface area contributed by atoms with E-state index in [0.717, 1.165) is 0 Å². The van der Waals surface area contributed by atoms with Crippen molar-refractivity contribution in [3.8, 4) is 0 Å². The largest absolute Gasteiger partial charge is 0.360 e. The second kappa shape index (κ2) is 13.4. The highest BCUT2D eigenvalue weighted by atomic mass is 32.2. The summed E-state index contributed by atoms with van der Waals surface area (Å²) in [6.07, 6.45) is 15.8. The van der Waals surface area contributed by atoms with Crippen LogP contribution < -0.4 is 16.0 Å². The summed E-state index contributed by atoms with van der Waals surface area (Å²) in [6.45, 7) is 7.73. The minimum absolute atomic E-state index is 0.530. The van der Waals surface area contributed by atoms with Crippen molar-refractivity contribution in [2.45, 2.75) is 134 Å². The molecule has 0 aromatic heterocycles. The molecule has 0 bridgehead atoms. The van der Waals surface area contributed by atoms with Crippen LogP contribution in [-0.4, -0.2) is 69.0 Å². The average molecular weight is 631 g/mol. The van der Waals surface area contributed by atoms with Gasteiger partial charge in [-0.05, 0) is 74.0 Å². The summed E-state index contributed by atoms with van der Waals surface area (Å²) in [5, 5.41) is 15.2. The molecule has 0 aromatic carbocycles. The summed E-state index contributed by atoms with van der Waals surface area (Å²) in [7, 11) is 0. The number of nitrogens with one attached hydrogen (secondary N) is 3. The molecule has 4 aliphatic carbocycles. The molecule has 6 atom stereocenters. The first-order valence-corrected chi connectivity index (χ1v) is 20.4. The lowest BCUT2D eigenvalue weighted by Crippen LogP contribution is -2.47. The van der Waals surface area contributed by atoms with Gasteiger partial charge in [0, 0.05) is 17.3 Å². The second-order valence-electron chi connectivity index (χ2n) is 14.6. The van der Waals surface area contributed by atoms with E-state index in [1.54, 1.807) is 0 Å². The lowest BCUT2D eigenvalue weighted by Gasteiger charge is -2.49. The third-order valence-electron chi connectivity index (χ3n) is 12.3. The Morgan fingerprint density at radius 3 is 1.05 bits per heavy atom. The number of thioether (sulfide) groups is 3. The van der Waals surface area contributed by atoms with Gasteiger partial charge in [-0.2, -0.15) is 0 Å². The number of hydrogen-bond acceptors (Lipinski definition) is 9. The maximum absolute atomic E-state index is 5.16. The van der Waals surface area contributed by atoms with Crippen LogP contribution in [0, 0.1) is 35.5 Å². The van der Waals surface area contributed by atoms with E-state index in [1.165, 1.54) is 110 Å². The summed E-state index contributed by atoms with van der Waals surface area (Å²) < 4.78 is 0. The van der Waals surface area contributed by atoms with Crippen LogP contribution in [-0.2, 0) is 0 Å². The van der Waals surface area contributed by atoms with Crippen LogP contribution in [0.25, 0.3) is 0 Å². The zero-order valence-electron chi connectivity index (χ0n) is 26.1. The van der Waals surface area contributed by atoms with Crippen LogP contribution >= 0.6 is 35.3 Å². The minimum Gasteiger partial charge on any atom is -0.360 e. The Bertz CT molecular complexity index is 908. The number of amidine groups is 3. The Hall–Kier alpha value is -0.540. The number of nitrogens with zero attached hydrogens (tertiary/aromatic N) is 3. The molecule has 0 radical (unpaired) electrons. The highest BCUT2D eigenvalue weighted by molar-refractivity contribution is 8.14. The predicted octanol–water partition coefficient (Wildman–Crippen LogP) is 6.77. The first-order chi connectivity index (χ1) is 20.5. The summed E-state index contributed by atoms with van der Waals surface area (Å²) >= 11 is 6.11. The van der Waals surface area contributed by atoms with Gasteiger partial charge in [0.15, 0.2) is 15.5 Å². The highest BCUT2D eigenvalue weighted by Crippen LogP contribution is 2.49. The monoisotopic (exact) mass is 630 g/mol. The van der Waals surface area contributed by atoms with E-state index in [0.29, 0.717) is 71.8 Å². The smallest absolute Gasteiger partial charge is 0.157 e. The van der Waals surface area contributed by atoms with Crippen LogP contribution in [0.1, 0.15) is 97.8 Å². The van der Waals surface area contributed by atoms with Crippen molar-refractivity contribution in [3.63, 3.8) is 0 Å². The molecular weight excluding hydrogens is 577 g/mol. The van der Waals surface area contributed by atoms with E-state index >= 15 is 0 Å². The van der Waals surface area contributed by atoms with Crippen LogP contribution in [0.2, 0.25) is 0 Å². The van der Waals surface area contributed by atoms with Crippen LogP contribution in [0.5, 0.6) is 0 Å². The summed E-state index contributed by atoms with van der Waals surface area (Å²) in [5.41, 5.74) is 0. The summed E-state index contributed by atoms with van der Waals surface area (Å²) in [6, 6.07) is 3.39. The molecule has 6 unspecified atom stereocenters. The molecule has 0 aromatic rings. The molecule has 42 heavy (non-hydrogen) atoms. The molecule has 0 amide bonds. The van der Waals surface area contributed by atoms with Gasteiger partial charge in [0.05, 0.1) is 36.3 Å². The standard InChI is InChI=1S/C33H54N6S3/c1-19-22(16-40-31-34-25-10-4-5-11-26(25)35-31)20(2)24(18-42-33-38-29-14-8-9-15-30(29)39-33)21(3)23(19)17-41-32-36-27-12-6-7-13-28(27)37-32/h19-30H,4-18H2,1-3H3,(H,34,35)(H,36,37)(H,38,39). The third-order valence-corrected chi connectivity index (χ3v) is 15.4. The van der Waals surface area contributed by atoms with Gasteiger partial charge in [0.1, 0.15) is 0 Å². The fraction of sp³-hybridized carbons (Fsp3) is 0.909. The minimum atomic E-state index is 0.530. The lowest BCUT2D eigenvalue weighted by molar-refractivity contribution is 0.0379. The van der Waals surface area contributed by atoms with Crippen LogP contribution in [0.4, 0.5) is 0 Å². The predicted molar refractivity (Wildman–Crippen MR) is 185 cm³/mol. The SMILES string of the molecule is CC1C(CSC2=NC3CCCCC3N2)C(C)C(CSC2=NC3CCCCC3N2)C(C)C1CSC1=NC2CCCCC2N1. The van der Waals surface area contributed by atoms with Crippen molar-refractivity contribution < 1.29 is 0 Å². The van der Waals surface area contributed by atoms with E-state index < -0.39 is 0 Å². The van der Waals surface area contributed by atoms with Crippen molar-refractivity contribution in [1.29, 1.82) is 0 Å². The second-order valence-corrected chi connectivity index (χ2v) is 17.6. The summed E-state index contributed by atoms with van der Waals surface area (Å²) in [5.74, 6) is 7.80. The third kappa shape index (κ3) is 6.41. The first-order valence-electron chi connectivity index (χ1n) is 17.4. The molecule has 0 saturated heterocycles. The fourth-order valence-electron chi connectivity index (χ4n) is 9.40. The first kappa shape index (κ1) is 30.1. The van der Waals surface area contributed by atoms with Gasteiger partial charge in [-0.3, -0.25) is 15.0 Å². The van der Waals surface area contributed by atoms with Crippen molar-refractivity contribution in [2.24, 2.45) is 50.5 Å². The van der Waals surface area contributed by atoms with Crippen LogP contribution in [0.15, 0.2) is 15.0 Å². The molecule has 3 N–H and O–H groups in total. The Balaban J connectivity index is 1.02. The molecule has 3 heterocycles. The van der Waals surface area contributed by atoms with Gasteiger partial charge in [0.2, 0.25) is 0 Å². The molecule has 9 heteroatoms. The highest BCUT2D eigenvalue weighted by Gasteiger charge is 2.46. The van der Waals surface area contributed by atoms with Crippen molar-refractivity contribution >= 4 is 50.8 Å². The van der Waals surface area contributed by atoms with Gasteiger partial charge in [0.25, 0.3) is 0 Å². The molecule has 6 nitrogen and oxygen atoms in total. The van der Waals surface area contributed by atoms with Crippen molar-refractivity contribution in [3.05, 3.63) is 0 Å². The Morgan fingerprint density at radius 1 is 0.476 bits per heavy atom. The number of aliphatic imine (C=N–C) groups is 3. The number of rotatable bonds is 6. The van der Waals surface area contributed by atoms with E-state index in [-0.39, 0.29) is 0 Å². The van der Waals surface area contributed by atoms with E-state index in [2.05, 4.69) is 36.7 Å². The van der Waals surface area contributed by atoms with Gasteiger partial charge < -0.3 is 16.0 Å². The normalized spacial score (nSPS) is 44.5. The van der Waals surface area contributed by atoms with Gasteiger partial charge >= 0.3 is 0 Å². The quantitative estimate of drug-likeness (QED) is 0.301. The van der Waals surface area contributed by atoms with Gasteiger partial charge in [-0.15, -0.1) is 0 Å². The van der Waals surface area contributed by atoms with Crippen LogP contribution in [0.3, 0.4) is 0 Å². The molecule has 234 valence electrons. The maximum Gasteiger partial charge on any atom is 0.157 e. The average Bonchev–Trinajstić information content (AvgIpc) is 3.72. The zero-order chi connectivity index (χ0) is 28.6. The van der Waals surface area contributed by atoms with E-state index in [9.17, 15) is 0 Å². The zero-order valence-corrected chi connectivity index (χ0v) is 28.6. The lowest BCUT2D eigenvalue weighted by atomic mass is 9.59. The van der Waals surface area contributed by atoms with E-state index in [1.807, 2.05) is 35.3 Å². The maximum atomic E-state index is 5.16. The molecular formula is C33H54N6S3. The molecule has 0 spiro atoms. The molecule has 4 saturated carbocycles. The Kier molecular flexibility index (Phi) is 9.64. The Labute approximate surface area is 267 Å². The molecule has 7 aliphatic rings. The Morgan fingerprint density at radius 2 is 0.762 bits per heavy atom. The van der Waals surface area contributed by atoms with Crippen molar-refractivity contribution in [1.82, 2.24) is 16.0 Å². The molecule has 7 rings (SSSR count). The van der Waals surface area contributed by atoms with Crippen molar-refractivity contribution in [2.75, 3.05) is 17.3 Å². The topological polar surface area (TPSA) is 73.2 Å². The fourth-order valence-corrected chi connectivity index (χ4v) is 13.6. The molecule has 3 aliphatic heterocycles. The van der Waals surface area contributed by atoms with E-state index in [4.69, 9.17) is 15.0 Å². The van der Waals surface area contributed by atoms with Gasteiger partial charge in [-0.1, -0.05) is 94.6 Å².